The second-order valence-corrected chi connectivity index (χ2v) is 15.4. The Labute approximate surface area is 349 Å². The molecule has 1 aromatic heterocycles. The third kappa shape index (κ3) is 6.61. The topological polar surface area (TPSA) is 25.8 Å². The van der Waals surface area contributed by atoms with E-state index in [1.165, 1.54) is 43.4 Å². The standard InChI is InChI=1S/C58H38N2/c1-4-15-39(16-5-1)45-23-14-24-47(33-45)55-38-56(50-35-48(40-17-6-2-7-18-40)34-49(36-50)41-19-8-3-9-20-41)60-58(59-55)44-29-27-43(28-30-44)57-52-26-13-11-22-46(52)37-54-51-25-12-10-21-42(51)31-32-53(54)57/h1-38H. The molecule has 0 bridgehead atoms. The van der Waals surface area contributed by atoms with Crippen LogP contribution in [-0.4, -0.2) is 9.97 Å². The molecule has 0 radical (unpaired) electrons. The van der Waals surface area contributed by atoms with Crippen LogP contribution in [0.2, 0.25) is 0 Å². The van der Waals surface area contributed by atoms with Crippen molar-refractivity contribution in [1.82, 2.24) is 9.97 Å². The van der Waals surface area contributed by atoms with E-state index in [0.717, 1.165) is 61.5 Å². The predicted molar refractivity (Wildman–Crippen MR) is 253 cm³/mol. The fraction of sp³-hybridized carbons (Fsp3) is 0. The second-order valence-electron chi connectivity index (χ2n) is 15.4. The highest BCUT2D eigenvalue weighted by Crippen LogP contribution is 2.41. The molecule has 60 heavy (non-hydrogen) atoms. The first-order valence-electron chi connectivity index (χ1n) is 20.5. The molecule has 0 aliphatic carbocycles. The molecule has 1 heterocycles. The molecule has 2 heteroatoms. The van der Waals surface area contributed by atoms with Crippen molar-refractivity contribution in [1.29, 1.82) is 0 Å². The Balaban J connectivity index is 1.09. The molecule has 0 spiro atoms. The van der Waals surface area contributed by atoms with E-state index in [9.17, 15) is 0 Å². The van der Waals surface area contributed by atoms with Crippen molar-refractivity contribution in [3.63, 3.8) is 0 Å². The quantitative estimate of drug-likeness (QED) is 0.119. The summed E-state index contributed by atoms with van der Waals surface area (Å²) >= 11 is 0. The molecule has 0 amide bonds. The third-order valence-corrected chi connectivity index (χ3v) is 11.6. The van der Waals surface area contributed by atoms with Gasteiger partial charge in [0.1, 0.15) is 0 Å². The molecule has 280 valence electrons. The van der Waals surface area contributed by atoms with Crippen LogP contribution in [-0.2, 0) is 0 Å². The van der Waals surface area contributed by atoms with Gasteiger partial charge in [-0.15, -0.1) is 0 Å². The number of fused-ring (bicyclic) bond motifs is 4. The van der Waals surface area contributed by atoms with Crippen LogP contribution in [0.3, 0.4) is 0 Å². The Bertz CT molecular complexity index is 3280. The number of aromatic nitrogens is 2. The van der Waals surface area contributed by atoms with Crippen LogP contribution in [0.1, 0.15) is 0 Å². The maximum atomic E-state index is 5.37. The number of nitrogens with zero attached hydrogens (tertiary/aromatic N) is 2. The summed E-state index contributed by atoms with van der Waals surface area (Å²) in [5.74, 6) is 0.680. The maximum absolute atomic E-state index is 5.37. The lowest BCUT2D eigenvalue weighted by Gasteiger charge is -2.15. The van der Waals surface area contributed by atoms with Gasteiger partial charge in [0.05, 0.1) is 11.4 Å². The van der Waals surface area contributed by atoms with Crippen molar-refractivity contribution in [3.8, 4) is 78.4 Å². The van der Waals surface area contributed by atoms with Crippen LogP contribution in [0, 0.1) is 0 Å². The Hall–Kier alpha value is -7.94. The van der Waals surface area contributed by atoms with Gasteiger partial charge in [-0.25, -0.2) is 9.97 Å². The molecule has 0 aliphatic rings. The van der Waals surface area contributed by atoms with Crippen molar-refractivity contribution in [2.45, 2.75) is 0 Å². The fourth-order valence-electron chi connectivity index (χ4n) is 8.65. The van der Waals surface area contributed by atoms with Gasteiger partial charge in [0.25, 0.3) is 0 Å². The SMILES string of the molecule is c1ccc(-c2cccc(-c3cc(-c4cc(-c5ccccc5)cc(-c5ccccc5)c4)nc(-c4ccc(-c5c6ccccc6cc6c5ccc5ccccc56)cc4)n3)c2)cc1. The predicted octanol–water partition coefficient (Wildman–Crippen LogP) is 15.6. The Kier molecular flexibility index (Phi) is 8.87. The molecule has 0 N–H and O–H groups in total. The van der Waals surface area contributed by atoms with Gasteiger partial charge in [-0.1, -0.05) is 194 Å². The first-order valence-corrected chi connectivity index (χ1v) is 20.5. The first kappa shape index (κ1) is 35.2. The lowest BCUT2D eigenvalue weighted by atomic mass is 9.89. The summed E-state index contributed by atoms with van der Waals surface area (Å²) < 4.78 is 0. The Morgan fingerprint density at radius 1 is 0.217 bits per heavy atom. The van der Waals surface area contributed by atoms with Crippen LogP contribution in [0.25, 0.3) is 111 Å². The summed E-state index contributed by atoms with van der Waals surface area (Å²) in [6.07, 6.45) is 0. The molecule has 0 aliphatic heterocycles. The number of benzene rings is 10. The number of hydrogen-bond donors (Lipinski definition) is 0. The van der Waals surface area contributed by atoms with Crippen molar-refractivity contribution >= 4 is 32.3 Å². The van der Waals surface area contributed by atoms with Crippen molar-refractivity contribution in [3.05, 3.63) is 231 Å². The average Bonchev–Trinajstić information content (AvgIpc) is 3.34. The minimum Gasteiger partial charge on any atom is -0.228 e. The van der Waals surface area contributed by atoms with Gasteiger partial charge >= 0.3 is 0 Å². The summed E-state index contributed by atoms with van der Waals surface area (Å²) in [5.41, 5.74) is 14.1. The van der Waals surface area contributed by atoms with E-state index in [0.29, 0.717) is 5.82 Å². The van der Waals surface area contributed by atoms with Gasteiger partial charge in [-0.3, -0.25) is 0 Å². The van der Waals surface area contributed by atoms with Crippen LogP contribution in [0.5, 0.6) is 0 Å². The van der Waals surface area contributed by atoms with Crippen LogP contribution < -0.4 is 0 Å². The molecular weight excluding hydrogens is 725 g/mol. The number of hydrogen-bond acceptors (Lipinski definition) is 2. The zero-order chi connectivity index (χ0) is 39.8. The molecular formula is C58H38N2. The van der Waals surface area contributed by atoms with Crippen molar-refractivity contribution < 1.29 is 0 Å². The zero-order valence-electron chi connectivity index (χ0n) is 32.8. The van der Waals surface area contributed by atoms with E-state index >= 15 is 0 Å². The third-order valence-electron chi connectivity index (χ3n) is 11.6. The fourth-order valence-corrected chi connectivity index (χ4v) is 8.65. The lowest BCUT2D eigenvalue weighted by molar-refractivity contribution is 1.18. The average molecular weight is 763 g/mol. The summed E-state index contributed by atoms with van der Waals surface area (Å²) in [7, 11) is 0. The molecule has 11 aromatic rings. The maximum Gasteiger partial charge on any atom is 0.160 e. The summed E-state index contributed by atoms with van der Waals surface area (Å²) in [6, 6.07) is 82.4. The van der Waals surface area contributed by atoms with E-state index in [2.05, 4.69) is 231 Å². The zero-order valence-corrected chi connectivity index (χ0v) is 32.8. The molecule has 11 rings (SSSR count). The highest BCUT2D eigenvalue weighted by molar-refractivity contribution is 6.20. The molecule has 0 saturated heterocycles. The molecule has 0 fully saturated rings. The highest BCUT2D eigenvalue weighted by Gasteiger charge is 2.16. The van der Waals surface area contributed by atoms with Gasteiger partial charge in [0.2, 0.25) is 0 Å². The molecule has 10 aromatic carbocycles. The molecule has 0 unspecified atom stereocenters. The number of rotatable bonds is 7. The van der Waals surface area contributed by atoms with E-state index in [-0.39, 0.29) is 0 Å². The molecule has 2 nitrogen and oxygen atoms in total. The van der Waals surface area contributed by atoms with Gasteiger partial charge in [-0.05, 0) is 113 Å². The second kappa shape index (κ2) is 15.1. The van der Waals surface area contributed by atoms with E-state index in [1.54, 1.807) is 0 Å². The Morgan fingerprint density at radius 2 is 0.700 bits per heavy atom. The minimum absolute atomic E-state index is 0.680. The van der Waals surface area contributed by atoms with Crippen molar-refractivity contribution in [2.24, 2.45) is 0 Å². The van der Waals surface area contributed by atoms with Crippen molar-refractivity contribution in [2.75, 3.05) is 0 Å². The summed E-state index contributed by atoms with van der Waals surface area (Å²) in [6.45, 7) is 0. The largest absolute Gasteiger partial charge is 0.228 e. The first-order chi connectivity index (χ1) is 29.7. The molecule has 0 saturated carbocycles. The van der Waals surface area contributed by atoms with Gasteiger partial charge in [-0.2, -0.15) is 0 Å². The van der Waals surface area contributed by atoms with Gasteiger partial charge in [0, 0.05) is 16.7 Å². The normalized spacial score (nSPS) is 11.3. The van der Waals surface area contributed by atoms with E-state index < -0.39 is 0 Å². The summed E-state index contributed by atoms with van der Waals surface area (Å²) in [5, 5.41) is 7.47. The van der Waals surface area contributed by atoms with Crippen LogP contribution >= 0.6 is 0 Å². The van der Waals surface area contributed by atoms with E-state index in [4.69, 9.17) is 9.97 Å². The van der Waals surface area contributed by atoms with E-state index in [1.807, 2.05) is 0 Å². The molecule has 0 atom stereocenters. The van der Waals surface area contributed by atoms with Crippen LogP contribution in [0.15, 0.2) is 231 Å². The minimum atomic E-state index is 0.680. The Morgan fingerprint density at radius 3 is 1.37 bits per heavy atom. The lowest BCUT2D eigenvalue weighted by Crippen LogP contribution is -1.97. The monoisotopic (exact) mass is 762 g/mol. The van der Waals surface area contributed by atoms with Gasteiger partial charge < -0.3 is 0 Å². The summed E-state index contributed by atoms with van der Waals surface area (Å²) in [4.78, 5) is 10.7. The van der Waals surface area contributed by atoms with Gasteiger partial charge in [0.15, 0.2) is 5.82 Å². The smallest absolute Gasteiger partial charge is 0.160 e. The highest BCUT2D eigenvalue weighted by atomic mass is 14.9. The van der Waals surface area contributed by atoms with Crippen LogP contribution in [0.4, 0.5) is 0 Å².